The lowest BCUT2D eigenvalue weighted by Crippen LogP contribution is -2.41. The van der Waals surface area contributed by atoms with Crippen LogP contribution in [0.25, 0.3) is 0 Å². The summed E-state index contributed by atoms with van der Waals surface area (Å²) in [5.41, 5.74) is 0.969. The van der Waals surface area contributed by atoms with E-state index >= 15 is 0 Å². The van der Waals surface area contributed by atoms with Crippen molar-refractivity contribution >= 4 is 23.2 Å². The SMILES string of the molecule is O=C(CC1CCCCCN1C(=O)OCc1ccccc1)c1cccs1. The molecule has 0 saturated carbocycles. The first-order valence-electron chi connectivity index (χ1n) is 8.78. The van der Waals surface area contributed by atoms with Crippen molar-refractivity contribution in [1.29, 1.82) is 0 Å². The highest BCUT2D eigenvalue weighted by atomic mass is 32.1. The van der Waals surface area contributed by atoms with Crippen molar-refractivity contribution in [2.75, 3.05) is 6.54 Å². The monoisotopic (exact) mass is 357 g/mol. The predicted molar refractivity (Wildman–Crippen MR) is 98.9 cm³/mol. The van der Waals surface area contributed by atoms with E-state index in [1.807, 2.05) is 47.8 Å². The highest BCUT2D eigenvalue weighted by molar-refractivity contribution is 7.12. The van der Waals surface area contributed by atoms with E-state index in [4.69, 9.17) is 4.74 Å². The normalized spacial score (nSPS) is 17.8. The molecular weight excluding hydrogens is 334 g/mol. The maximum absolute atomic E-state index is 12.6. The Labute approximate surface area is 152 Å². The van der Waals surface area contributed by atoms with Gasteiger partial charge < -0.3 is 9.64 Å². The number of rotatable bonds is 5. The number of Topliss-reactive ketones (excluding diaryl/α,β-unsaturated/α-hetero) is 1. The molecule has 2 aromatic rings. The lowest BCUT2D eigenvalue weighted by Gasteiger charge is -2.28. The van der Waals surface area contributed by atoms with Crippen molar-refractivity contribution in [3.05, 3.63) is 58.3 Å². The lowest BCUT2D eigenvalue weighted by atomic mass is 10.0. The topological polar surface area (TPSA) is 46.6 Å². The molecule has 1 aliphatic rings. The minimum absolute atomic E-state index is 0.0691. The van der Waals surface area contributed by atoms with Crippen LogP contribution in [0.3, 0.4) is 0 Å². The number of amides is 1. The number of ketones is 1. The van der Waals surface area contributed by atoms with Crippen molar-refractivity contribution in [3.8, 4) is 0 Å². The van der Waals surface area contributed by atoms with Crippen LogP contribution >= 0.6 is 11.3 Å². The second-order valence-corrected chi connectivity index (χ2v) is 7.29. The molecule has 5 heteroatoms. The van der Waals surface area contributed by atoms with E-state index in [0.29, 0.717) is 13.0 Å². The van der Waals surface area contributed by atoms with Crippen LogP contribution in [0, 0.1) is 0 Å². The third-order valence-electron chi connectivity index (χ3n) is 4.53. The smallest absolute Gasteiger partial charge is 0.410 e. The fraction of sp³-hybridized carbons (Fsp3) is 0.400. The maximum Gasteiger partial charge on any atom is 0.410 e. The Morgan fingerprint density at radius 3 is 2.68 bits per heavy atom. The van der Waals surface area contributed by atoms with Gasteiger partial charge in [-0.3, -0.25) is 4.79 Å². The first kappa shape index (κ1) is 17.7. The van der Waals surface area contributed by atoms with Crippen LogP contribution in [0.4, 0.5) is 4.79 Å². The summed E-state index contributed by atoms with van der Waals surface area (Å²) in [4.78, 5) is 27.6. The summed E-state index contributed by atoms with van der Waals surface area (Å²) < 4.78 is 5.50. The Hall–Kier alpha value is -2.14. The third-order valence-corrected chi connectivity index (χ3v) is 5.44. The van der Waals surface area contributed by atoms with Gasteiger partial charge in [0, 0.05) is 19.0 Å². The second-order valence-electron chi connectivity index (χ2n) is 6.34. The number of thiophene rings is 1. The van der Waals surface area contributed by atoms with Gasteiger partial charge in [0.2, 0.25) is 0 Å². The van der Waals surface area contributed by atoms with E-state index in [0.717, 1.165) is 36.1 Å². The van der Waals surface area contributed by atoms with Crippen molar-refractivity contribution in [2.24, 2.45) is 0 Å². The first-order valence-corrected chi connectivity index (χ1v) is 9.66. The Kier molecular flexibility index (Phi) is 6.23. The van der Waals surface area contributed by atoms with E-state index in [1.165, 1.54) is 11.3 Å². The van der Waals surface area contributed by atoms with Crippen LogP contribution in [0.1, 0.15) is 47.3 Å². The summed E-state index contributed by atoms with van der Waals surface area (Å²) in [5, 5.41) is 1.91. The second kappa shape index (κ2) is 8.81. The fourth-order valence-electron chi connectivity index (χ4n) is 3.18. The minimum Gasteiger partial charge on any atom is -0.445 e. The van der Waals surface area contributed by atoms with E-state index in [1.54, 1.807) is 4.90 Å². The first-order chi connectivity index (χ1) is 12.2. The van der Waals surface area contributed by atoms with Crippen molar-refractivity contribution in [1.82, 2.24) is 4.90 Å². The number of hydrogen-bond acceptors (Lipinski definition) is 4. The molecule has 0 aliphatic carbocycles. The summed E-state index contributed by atoms with van der Waals surface area (Å²) >= 11 is 1.46. The minimum atomic E-state index is -0.310. The number of ether oxygens (including phenoxy) is 1. The number of benzene rings is 1. The van der Waals surface area contributed by atoms with Crippen LogP contribution in [0.15, 0.2) is 47.8 Å². The van der Waals surface area contributed by atoms with Gasteiger partial charge in [0.1, 0.15) is 6.61 Å². The number of nitrogens with zero attached hydrogens (tertiary/aromatic N) is 1. The van der Waals surface area contributed by atoms with Gasteiger partial charge in [-0.15, -0.1) is 11.3 Å². The number of likely N-dealkylation sites (tertiary alicyclic amines) is 1. The fourth-order valence-corrected chi connectivity index (χ4v) is 3.86. The summed E-state index contributed by atoms with van der Waals surface area (Å²) in [6.45, 7) is 0.928. The van der Waals surface area contributed by atoms with Gasteiger partial charge in [0.25, 0.3) is 0 Å². The molecule has 1 aliphatic heterocycles. The lowest BCUT2D eigenvalue weighted by molar-refractivity contribution is 0.0744. The summed E-state index contributed by atoms with van der Waals surface area (Å²) in [7, 11) is 0. The molecule has 0 spiro atoms. The predicted octanol–water partition coefficient (Wildman–Crippen LogP) is 4.90. The van der Waals surface area contributed by atoms with Crippen LogP contribution in [0.2, 0.25) is 0 Å². The molecule has 3 rings (SSSR count). The van der Waals surface area contributed by atoms with Gasteiger partial charge in [-0.2, -0.15) is 0 Å². The summed E-state index contributed by atoms with van der Waals surface area (Å²) in [5.74, 6) is 0.114. The van der Waals surface area contributed by atoms with Gasteiger partial charge in [-0.25, -0.2) is 4.79 Å². The number of carbonyl (C=O) groups is 2. The molecule has 1 saturated heterocycles. The van der Waals surface area contributed by atoms with Crippen LogP contribution < -0.4 is 0 Å². The number of hydrogen-bond donors (Lipinski definition) is 0. The van der Waals surface area contributed by atoms with E-state index in [9.17, 15) is 9.59 Å². The maximum atomic E-state index is 12.6. The summed E-state index contributed by atoms with van der Waals surface area (Å²) in [6.07, 6.45) is 4.02. The molecule has 1 amide bonds. The standard InChI is InChI=1S/C20H23NO3S/c22-18(19-11-7-13-25-19)14-17-10-5-2-6-12-21(17)20(23)24-15-16-8-3-1-4-9-16/h1,3-4,7-9,11,13,17H,2,5-6,10,12,14-15H2. The van der Waals surface area contributed by atoms with Gasteiger partial charge >= 0.3 is 6.09 Å². The Morgan fingerprint density at radius 2 is 1.92 bits per heavy atom. The average molecular weight is 357 g/mol. The van der Waals surface area contributed by atoms with Crippen molar-refractivity contribution in [3.63, 3.8) is 0 Å². The highest BCUT2D eigenvalue weighted by Crippen LogP contribution is 2.23. The van der Waals surface area contributed by atoms with Gasteiger partial charge in [-0.1, -0.05) is 49.2 Å². The highest BCUT2D eigenvalue weighted by Gasteiger charge is 2.29. The molecule has 25 heavy (non-hydrogen) atoms. The van der Waals surface area contributed by atoms with E-state index in [-0.39, 0.29) is 24.5 Å². The molecule has 1 aromatic heterocycles. The molecule has 0 bridgehead atoms. The van der Waals surface area contributed by atoms with Crippen LogP contribution in [0.5, 0.6) is 0 Å². The van der Waals surface area contributed by atoms with E-state index in [2.05, 4.69) is 0 Å². The largest absolute Gasteiger partial charge is 0.445 e. The summed E-state index contributed by atoms with van der Waals surface area (Å²) in [6, 6.07) is 13.3. The molecule has 1 unspecified atom stereocenters. The van der Waals surface area contributed by atoms with Crippen LogP contribution in [-0.4, -0.2) is 29.4 Å². The zero-order valence-corrected chi connectivity index (χ0v) is 15.0. The quantitative estimate of drug-likeness (QED) is 0.715. The molecule has 1 aromatic carbocycles. The van der Waals surface area contributed by atoms with Crippen molar-refractivity contribution in [2.45, 2.75) is 44.8 Å². The van der Waals surface area contributed by atoms with Crippen LogP contribution in [-0.2, 0) is 11.3 Å². The zero-order valence-electron chi connectivity index (χ0n) is 14.2. The molecule has 0 N–H and O–H groups in total. The van der Waals surface area contributed by atoms with Crippen molar-refractivity contribution < 1.29 is 14.3 Å². The molecule has 132 valence electrons. The molecule has 2 heterocycles. The van der Waals surface area contributed by atoms with Gasteiger partial charge in [0.05, 0.1) is 4.88 Å². The number of carbonyl (C=O) groups excluding carboxylic acids is 2. The molecule has 0 radical (unpaired) electrons. The Morgan fingerprint density at radius 1 is 1.08 bits per heavy atom. The third kappa shape index (κ3) is 4.92. The van der Waals surface area contributed by atoms with Gasteiger partial charge in [0.15, 0.2) is 5.78 Å². The zero-order chi connectivity index (χ0) is 17.5. The average Bonchev–Trinajstić information content (AvgIpc) is 3.08. The van der Waals surface area contributed by atoms with E-state index < -0.39 is 0 Å². The molecule has 1 atom stereocenters. The Bertz CT molecular complexity index is 684. The van der Waals surface area contributed by atoms with Gasteiger partial charge in [-0.05, 0) is 29.9 Å². The molecule has 1 fully saturated rings. The Balaban J connectivity index is 1.63. The molecule has 4 nitrogen and oxygen atoms in total. The molecular formula is C20H23NO3S.